The van der Waals surface area contributed by atoms with Crippen molar-refractivity contribution in [2.45, 2.75) is 0 Å². The maximum absolute atomic E-state index is 11.2. The molecule has 4 aromatic heterocycles. The SMILES string of the molecule is N#C/C(=C\c1ccc(-c2ccc(-c3ccc(N(c4ccccc4)c4ccc(-c5ccc(-c6ccc(/C=C(\C#N)C(=O)O)s6)s5)cc4)cc3)s2)s1)C(=O)O. The molecule has 0 spiro atoms. The fraction of sp³-hybridized carbons (Fsp3) is 0. The molecule has 256 valence electrons. The summed E-state index contributed by atoms with van der Waals surface area (Å²) in [5, 5.41) is 36.6. The molecule has 7 aromatic rings. The molecule has 0 aliphatic rings. The van der Waals surface area contributed by atoms with Crippen molar-refractivity contribution in [3.8, 4) is 52.5 Å². The smallest absolute Gasteiger partial charge is 0.346 e. The van der Waals surface area contributed by atoms with Gasteiger partial charge in [-0.15, -0.1) is 45.3 Å². The molecule has 0 aliphatic carbocycles. The van der Waals surface area contributed by atoms with E-state index in [0.29, 0.717) is 9.75 Å². The molecule has 0 atom stereocenters. The molecule has 4 heterocycles. The monoisotopic (exact) mass is 763 g/mol. The fourth-order valence-corrected chi connectivity index (χ4v) is 9.62. The Morgan fingerprint density at radius 3 is 1.23 bits per heavy atom. The Morgan fingerprint density at radius 1 is 0.472 bits per heavy atom. The topological polar surface area (TPSA) is 125 Å². The van der Waals surface area contributed by atoms with E-state index in [2.05, 4.69) is 89.8 Å². The van der Waals surface area contributed by atoms with Crippen molar-refractivity contribution in [3.63, 3.8) is 0 Å². The highest BCUT2D eigenvalue weighted by Gasteiger charge is 2.16. The van der Waals surface area contributed by atoms with Gasteiger partial charge >= 0.3 is 11.9 Å². The van der Waals surface area contributed by atoms with Crippen molar-refractivity contribution >= 4 is 86.5 Å². The zero-order valence-electron chi connectivity index (χ0n) is 27.5. The number of rotatable bonds is 11. The van der Waals surface area contributed by atoms with E-state index in [1.165, 1.54) is 34.8 Å². The van der Waals surface area contributed by atoms with E-state index in [1.807, 2.05) is 42.5 Å². The van der Waals surface area contributed by atoms with Crippen LogP contribution in [0.2, 0.25) is 0 Å². The summed E-state index contributed by atoms with van der Waals surface area (Å²) in [6, 6.07) is 46.5. The Labute approximate surface area is 320 Å². The molecule has 11 heteroatoms. The van der Waals surface area contributed by atoms with Crippen molar-refractivity contribution < 1.29 is 19.8 Å². The van der Waals surface area contributed by atoms with E-state index < -0.39 is 11.9 Å². The van der Waals surface area contributed by atoms with Crippen LogP contribution >= 0.6 is 45.3 Å². The summed E-state index contributed by atoms with van der Waals surface area (Å²) in [6.07, 6.45) is 2.80. The van der Waals surface area contributed by atoms with E-state index in [9.17, 15) is 19.8 Å². The van der Waals surface area contributed by atoms with Gasteiger partial charge in [-0.05, 0) is 108 Å². The van der Waals surface area contributed by atoms with Crippen molar-refractivity contribution in [1.29, 1.82) is 10.5 Å². The van der Waals surface area contributed by atoms with E-state index in [-0.39, 0.29) is 11.1 Å². The average molecular weight is 764 g/mol. The molecule has 3 aromatic carbocycles. The molecular weight excluding hydrogens is 739 g/mol. The second-order valence-corrected chi connectivity index (χ2v) is 15.8. The number of nitrogens with zero attached hydrogens (tertiary/aromatic N) is 3. The number of aliphatic carboxylic acids is 2. The lowest BCUT2D eigenvalue weighted by Gasteiger charge is -2.25. The second kappa shape index (κ2) is 15.5. The van der Waals surface area contributed by atoms with Crippen LogP contribution in [0.1, 0.15) is 9.75 Å². The number of hydrogen-bond donors (Lipinski definition) is 2. The van der Waals surface area contributed by atoms with Crippen LogP contribution in [0, 0.1) is 22.7 Å². The predicted octanol–water partition coefficient (Wildman–Crippen LogP) is 12.1. The standard InChI is InChI=1S/C42H25N3O4S4/c43-24-28(41(46)47)22-33-14-16-37(50-33)39-20-18-35(52-39)26-6-10-31(11-7-26)45(30-4-2-1-3-5-30)32-12-8-27(9-13-32)36-19-21-40(53-36)38-17-15-34(51-38)23-29(25-44)42(48)49/h1-23H,(H,46,47)(H,48,49)/b28-22+,29-23+. The largest absolute Gasteiger partial charge is 0.477 e. The summed E-state index contributed by atoms with van der Waals surface area (Å²) < 4.78 is 0. The van der Waals surface area contributed by atoms with Gasteiger partial charge in [-0.25, -0.2) is 9.59 Å². The molecule has 0 fully saturated rings. The summed E-state index contributed by atoms with van der Waals surface area (Å²) >= 11 is 6.21. The highest BCUT2D eigenvalue weighted by atomic mass is 32.1. The van der Waals surface area contributed by atoms with Crippen LogP contribution in [0.3, 0.4) is 0 Å². The average Bonchev–Trinajstić information content (AvgIpc) is 4.01. The van der Waals surface area contributed by atoms with Gasteiger partial charge in [0.05, 0.1) is 0 Å². The molecule has 0 saturated heterocycles. The van der Waals surface area contributed by atoms with Gasteiger partial charge in [0.15, 0.2) is 0 Å². The molecule has 0 aliphatic heterocycles. The zero-order chi connectivity index (χ0) is 36.9. The molecule has 0 amide bonds. The molecule has 2 N–H and O–H groups in total. The number of nitriles is 2. The number of para-hydroxylation sites is 1. The van der Waals surface area contributed by atoms with Crippen LogP contribution in [-0.4, -0.2) is 22.2 Å². The minimum Gasteiger partial charge on any atom is -0.477 e. The minimum atomic E-state index is -1.24. The van der Waals surface area contributed by atoms with Gasteiger partial charge in [-0.3, -0.25) is 0 Å². The van der Waals surface area contributed by atoms with Gasteiger partial charge < -0.3 is 15.1 Å². The first-order valence-electron chi connectivity index (χ1n) is 16.0. The van der Waals surface area contributed by atoms with E-state index >= 15 is 0 Å². The van der Waals surface area contributed by atoms with Gasteiger partial charge in [0.25, 0.3) is 0 Å². The Bertz CT molecular complexity index is 2430. The van der Waals surface area contributed by atoms with Gasteiger partial charge in [0, 0.05) is 56.1 Å². The molecule has 7 nitrogen and oxygen atoms in total. The summed E-state index contributed by atoms with van der Waals surface area (Å²) in [4.78, 5) is 32.5. The number of thiophene rings is 4. The van der Waals surface area contributed by atoms with E-state index in [4.69, 9.17) is 10.5 Å². The van der Waals surface area contributed by atoms with Crippen molar-refractivity contribution in [2.75, 3.05) is 4.90 Å². The quantitative estimate of drug-likeness (QED) is 0.0992. The third-order valence-electron chi connectivity index (χ3n) is 8.06. The highest BCUT2D eigenvalue weighted by Crippen LogP contribution is 2.42. The van der Waals surface area contributed by atoms with Crippen LogP contribution < -0.4 is 4.90 Å². The Kier molecular flexibility index (Phi) is 10.3. The third-order valence-corrected chi connectivity index (χ3v) is 12.8. The lowest BCUT2D eigenvalue weighted by molar-refractivity contribution is -0.133. The van der Waals surface area contributed by atoms with Crippen molar-refractivity contribution in [2.24, 2.45) is 0 Å². The number of hydrogen-bond acceptors (Lipinski definition) is 9. The van der Waals surface area contributed by atoms with Gasteiger partial charge in [-0.2, -0.15) is 10.5 Å². The molecule has 0 saturated carbocycles. The number of carboxylic acid groups (broad SMARTS) is 2. The van der Waals surface area contributed by atoms with Crippen molar-refractivity contribution in [1.82, 2.24) is 0 Å². The lowest BCUT2D eigenvalue weighted by atomic mass is 10.1. The summed E-state index contributed by atoms with van der Waals surface area (Å²) in [7, 11) is 0. The van der Waals surface area contributed by atoms with E-state index in [0.717, 1.165) is 57.5 Å². The lowest BCUT2D eigenvalue weighted by Crippen LogP contribution is -2.09. The Morgan fingerprint density at radius 2 is 0.830 bits per heavy atom. The number of carboxylic acids is 2. The van der Waals surface area contributed by atoms with Gasteiger partial charge in [0.2, 0.25) is 0 Å². The number of benzene rings is 3. The summed E-state index contributed by atoms with van der Waals surface area (Å²) in [5.74, 6) is -2.47. The van der Waals surface area contributed by atoms with Crippen LogP contribution in [-0.2, 0) is 9.59 Å². The maximum atomic E-state index is 11.2. The zero-order valence-corrected chi connectivity index (χ0v) is 30.7. The van der Waals surface area contributed by atoms with Gasteiger partial charge in [0.1, 0.15) is 23.3 Å². The van der Waals surface area contributed by atoms with Crippen LogP contribution in [0.5, 0.6) is 0 Å². The third kappa shape index (κ3) is 7.80. The first-order chi connectivity index (χ1) is 25.8. The van der Waals surface area contributed by atoms with E-state index in [1.54, 1.807) is 34.8 Å². The van der Waals surface area contributed by atoms with Gasteiger partial charge in [-0.1, -0.05) is 42.5 Å². The van der Waals surface area contributed by atoms with Crippen LogP contribution in [0.15, 0.2) is 139 Å². The van der Waals surface area contributed by atoms with Crippen LogP contribution in [0.25, 0.3) is 52.5 Å². The first-order valence-corrected chi connectivity index (χ1v) is 19.2. The molecule has 53 heavy (non-hydrogen) atoms. The molecule has 0 unspecified atom stereocenters. The number of anilines is 3. The first kappa shape index (κ1) is 35.1. The molecule has 0 bridgehead atoms. The van der Waals surface area contributed by atoms with Crippen molar-refractivity contribution in [3.05, 3.63) is 148 Å². The fourth-order valence-electron chi connectivity index (χ4n) is 5.52. The Balaban J connectivity index is 1.11. The molecule has 7 rings (SSSR count). The summed E-state index contributed by atoms with van der Waals surface area (Å²) in [5.41, 5.74) is 4.62. The molecule has 0 radical (unpaired) electrons. The minimum absolute atomic E-state index is 0.292. The van der Waals surface area contributed by atoms with Crippen LogP contribution in [0.4, 0.5) is 17.1 Å². The maximum Gasteiger partial charge on any atom is 0.346 e. The second-order valence-electron chi connectivity index (χ2n) is 11.4. The Hall–Kier alpha value is -6.34. The normalized spacial score (nSPS) is 11.5. The summed E-state index contributed by atoms with van der Waals surface area (Å²) in [6.45, 7) is 0. The highest BCUT2D eigenvalue weighted by molar-refractivity contribution is 7.24. The predicted molar refractivity (Wildman–Crippen MR) is 217 cm³/mol. The molecular formula is C42H25N3O4S4. The number of carbonyl (C=O) groups is 2.